The molecule has 110 valence electrons. The molecule has 0 atom stereocenters. The summed E-state index contributed by atoms with van der Waals surface area (Å²) in [6.45, 7) is 1.05. The summed E-state index contributed by atoms with van der Waals surface area (Å²) in [6, 6.07) is 2.04. The van der Waals surface area contributed by atoms with E-state index in [1.54, 1.807) is 29.5 Å². The predicted molar refractivity (Wildman–Crippen MR) is 76.9 cm³/mol. The third-order valence-electron chi connectivity index (χ3n) is 3.43. The number of hydrogen-bond donors (Lipinski definition) is 0. The lowest BCUT2D eigenvalue weighted by Crippen LogP contribution is -2.38. The van der Waals surface area contributed by atoms with E-state index in [1.165, 1.54) is 21.3 Å². The lowest BCUT2D eigenvalue weighted by Gasteiger charge is -2.26. The Kier molecular flexibility index (Phi) is 3.74. The first-order valence-corrected chi connectivity index (χ1v) is 7.50. The molecule has 0 saturated heterocycles. The van der Waals surface area contributed by atoms with Crippen LogP contribution in [0.1, 0.15) is 20.8 Å². The van der Waals surface area contributed by atoms with Crippen LogP contribution in [0.2, 0.25) is 0 Å². The van der Waals surface area contributed by atoms with Gasteiger partial charge in [0.1, 0.15) is 0 Å². The molecule has 3 rings (SSSR count). The van der Waals surface area contributed by atoms with Crippen molar-refractivity contribution in [2.24, 2.45) is 7.05 Å². The average molecular weight is 305 g/mol. The molecule has 0 spiro atoms. The molecule has 0 bridgehead atoms. The highest BCUT2D eigenvalue weighted by Gasteiger charge is 2.22. The molecule has 21 heavy (non-hydrogen) atoms. The number of aromatic nitrogens is 2. The lowest BCUT2D eigenvalue weighted by molar-refractivity contribution is -0.135. The Morgan fingerprint density at radius 3 is 3.10 bits per heavy atom. The van der Waals surface area contributed by atoms with E-state index in [9.17, 15) is 9.59 Å². The van der Waals surface area contributed by atoms with Crippen LogP contribution in [0.5, 0.6) is 0 Å². The number of carbonyl (C=O) groups is 2. The summed E-state index contributed by atoms with van der Waals surface area (Å²) in [5, 5.41) is 5.94. The number of nitrogens with zero attached hydrogens (tertiary/aromatic N) is 3. The Morgan fingerprint density at radius 1 is 1.48 bits per heavy atom. The van der Waals surface area contributed by atoms with E-state index in [-0.39, 0.29) is 12.5 Å². The fourth-order valence-electron chi connectivity index (χ4n) is 2.29. The van der Waals surface area contributed by atoms with Crippen molar-refractivity contribution < 1.29 is 14.3 Å². The summed E-state index contributed by atoms with van der Waals surface area (Å²) in [5.74, 6) is -0.686. The van der Waals surface area contributed by atoms with E-state index >= 15 is 0 Å². The molecule has 0 saturated carbocycles. The number of rotatable bonds is 3. The van der Waals surface area contributed by atoms with Gasteiger partial charge < -0.3 is 9.64 Å². The van der Waals surface area contributed by atoms with Gasteiger partial charge in [-0.15, -0.1) is 11.3 Å². The number of hydrogen-bond acceptors (Lipinski definition) is 5. The number of esters is 1. The van der Waals surface area contributed by atoms with Crippen molar-refractivity contribution in [2.75, 3.05) is 13.2 Å². The molecule has 0 N–H and O–H groups in total. The Morgan fingerprint density at radius 2 is 2.33 bits per heavy atom. The second-order valence-electron chi connectivity index (χ2n) is 4.91. The lowest BCUT2D eigenvalue weighted by atomic mass is 10.1. The highest BCUT2D eigenvalue weighted by atomic mass is 32.1. The zero-order valence-electron chi connectivity index (χ0n) is 11.6. The van der Waals surface area contributed by atoms with Gasteiger partial charge in [0.15, 0.2) is 6.61 Å². The molecule has 0 aliphatic carbocycles. The number of aryl methyl sites for hydroxylation is 1. The zero-order valence-corrected chi connectivity index (χ0v) is 12.4. The third-order valence-corrected chi connectivity index (χ3v) is 4.45. The molecule has 3 heterocycles. The van der Waals surface area contributed by atoms with Crippen LogP contribution in [-0.4, -0.2) is 39.7 Å². The second kappa shape index (κ2) is 5.69. The highest BCUT2D eigenvalue weighted by Crippen LogP contribution is 2.23. The molecule has 7 heteroatoms. The number of thiophene rings is 1. The Labute approximate surface area is 125 Å². The minimum Gasteiger partial charge on any atom is -0.452 e. The predicted octanol–water partition coefficient (Wildman–Crippen LogP) is 1.22. The van der Waals surface area contributed by atoms with Gasteiger partial charge in [0, 0.05) is 31.2 Å². The van der Waals surface area contributed by atoms with Crippen molar-refractivity contribution >= 4 is 23.2 Å². The summed E-state index contributed by atoms with van der Waals surface area (Å²) in [4.78, 5) is 26.9. The van der Waals surface area contributed by atoms with Gasteiger partial charge in [-0.1, -0.05) is 0 Å². The van der Waals surface area contributed by atoms with Gasteiger partial charge in [0.05, 0.1) is 11.8 Å². The first kappa shape index (κ1) is 13.8. The van der Waals surface area contributed by atoms with Crippen molar-refractivity contribution in [1.82, 2.24) is 14.7 Å². The average Bonchev–Trinajstić information content (AvgIpc) is 3.12. The first-order valence-electron chi connectivity index (χ1n) is 6.62. The van der Waals surface area contributed by atoms with Crippen molar-refractivity contribution in [3.63, 3.8) is 0 Å². The molecule has 0 radical (unpaired) electrons. The van der Waals surface area contributed by atoms with Crippen molar-refractivity contribution in [2.45, 2.75) is 13.0 Å². The van der Waals surface area contributed by atoms with Gasteiger partial charge in [-0.3, -0.25) is 9.48 Å². The van der Waals surface area contributed by atoms with E-state index < -0.39 is 5.97 Å². The quantitative estimate of drug-likeness (QED) is 0.800. The minimum atomic E-state index is -0.523. The summed E-state index contributed by atoms with van der Waals surface area (Å²) in [7, 11) is 1.72. The molecule has 0 unspecified atom stereocenters. The van der Waals surface area contributed by atoms with Gasteiger partial charge in [0.25, 0.3) is 5.91 Å². The third kappa shape index (κ3) is 2.97. The van der Waals surface area contributed by atoms with Crippen molar-refractivity contribution in [3.8, 4) is 0 Å². The second-order valence-corrected chi connectivity index (χ2v) is 5.91. The summed E-state index contributed by atoms with van der Waals surface area (Å²) in [5.41, 5.74) is 1.54. The van der Waals surface area contributed by atoms with Crippen LogP contribution in [-0.2, 0) is 29.5 Å². The Hall–Kier alpha value is -2.15. The van der Waals surface area contributed by atoms with Crippen LogP contribution in [0, 0.1) is 0 Å². The zero-order chi connectivity index (χ0) is 14.8. The smallest absolute Gasteiger partial charge is 0.341 e. The minimum absolute atomic E-state index is 0.163. The summed E-state index contributed by atoms with van der Waals surface area (Å²) < 4.78 is 6.56. The van der Waals surface area contributed by atoms with E-state index in [0.29, 0.717) is 18.7 Å². The molecule has 6 nitrogen and oxygen atoms in total. The molecular weight excluding hydrogens is 290 g/mol. The van der Waals surface area contributed by atoms with Crippen LogP contribution in [0.3, 0.4) is 0 Å². The van der Waals surface area contributed by atoms with Gasteiger partial charge in [-0.25, -0.2) is 4.79 Å². The normalized spacial score (nSPS) is 13.9. The van der Waals surface area contributed by atoms with E-state index in [1.807, 2.05) is 11.4 Å². The number of ether oxygens (including phenoxy) is 1. The van der Waals surface area contributed by atoms with Gasteiger partial charge in [-0.05, 0) is 23.4 Å². The van der Waals surface area contributed by atoms with E-state index in [2.05, 4.69) is 5.10 Å². The topological polar surface area (TPSA) is 64.4 Å². The maximum Gasteiger partial charge on any atom is 0.341 e. The first-order chi connectivity index (χ1) is 10.1. The summed E-state index contributed by atoms with van der Waals surface area (Å²) >= 11 is 1.72. The Balaban J connectivity index is 1.54. The van der Waals surface area contributed by atoms with Crippen LogP contribution in [0.25, 0.3) is 0 Å². The standard InChI is InChI=1S/C14H15N3O3S/c1-16-7-11(6-15-16)14(19)20-9-13(18)17-4-2-12-10(8-17)3-5-21-12/h3,5-7H,2,4,8-9H2,1H3. The number of amides is 1. The van der Waals surface area contributed by atoms with Crippen LogP contribution >= 0.6 is 11.3 Å². The van der Waals surface area contributed by atoms with Crippen LogP contribution < -0.4 is 0 Å². The molecule has 2 aromatic rings. The highest BCUT2D eigenvalue weighted by molar-refractivity contribution is 7.10. The van der Waals surface area contributed by atoms with Gasteiger partial charge in [-0.2, -0.15) is 5.10 Å². The Bertz CT molecular complexity index is 677. The number of carbonyl (C=O) groups excluding carboxylic acids is 2. The molecular formula is C14H15N3O3S. The summed E-state index contributed by atoms with van der Waals surface area (Å²) in [6.07, 6.45) is 3.85. The van der Waals surface area contributed by atoms with Crippen LogP contribution in [0.15, 0.2) is 23.8 Å². The molecule has 1 aliphatic rings. The van der Waals surface area contributed by atoms with Gasteiger partial charge >= 0.3 is 5.97 Å². The molecule has 2 aromatic heterocycles. The van der Waals surface area contributed by atoms with E-state index in [0.717, 1.165) is 6.42 Å². The van der Waals surface area contributed by atoms with Crippen molar-refractivity contribution in [1.29, 1.82) is 0 Å². The molecule has 0 fully saturated rings. The maximum absolute atomic E-state index is 12.1. The van der Waals surface area contributed by atoms with Crippen LogP contribution in [0.4, 0.5) is 0 Å². The van der Waals surface area contributed by atoms with E-state index in [4.69, 9.17) is 4.74 Å². The molecule has 1 aliphatic heterocycles. The van der Waals surface area contributed by atoms with Crippen molar-refractivity contribution in [3.05, 3.63) is 39.8 Å². The maximum atomic E-state index is 12.1. The fraction of sp³-hybridized carbons (Fsp3) is 0.357. The monoisotopic (exact) mass is 305 g/mol. The largest absolute Gasteiger partial charge is 0.452 e. The molecule has 1 amide bonds. The SMILES string of the molecule is Cn1cc(C(=O)OCC(=O)N2CCc3sccc3C2)cn1. The fourth-order valence-corrected chi connectivity index (χ4v) is 3.18. The molecule has 0 aromatic carbocycles. The van der Waals surface area contributed by atoms with Gasteiger partial charge in [0.2, 0.25) is 0 Å². The number of fused-ring (bicyclic) bond motifs is 1.